The quantitative estimate of drug-likeness (QED) is 0.868. The number of piperidine rings is 1. The Hall–Kier alpha value is -0.210. The minimum atomic E-state index is -3.46. The third-order valence-corrected chi connectivity index (χ3v) is 5.00. The number of sulfonamides is 1. The van der Waals surface area contributed by atoms with Crippen molar-refractivity contribution >= 4 is 38.4 Å². The van der Waals surface area contributed by atoms with Crippen LogP contribution in [0.3, 0.4) is 0 Å². The highest BCUT2D eigenvalue weighted by atomic mass is 79.9. The summed E-state index contributed by atoms with van der Waals surface area (Å²) in [6.45, 7) is 0.914. The van der Waals surface area contributed by atoms with Crippen molar-refractivity contribution < 1.29 is 8.42 Å². The molecule has 1 aliphatic rings. The molecule has 1 aliphatic heterocycles. The van der Waals surface area contributed by atoms with E-state index in [0.717, 1.165) is 12.8 Å². The molecular weight excluding hydrogens is 342 g/mol. The van der Waals surface area contributed by atoms with Gasteiger partial charge in [-0.25, -0.2) is 8.42 Å². The molecule has 1 aromatic heterocycles. The maximum atomic E-state index is 12.3. The second-order valence-electron chi connectivity index (χ2n) is 4.10. The van der Waals surface area contributed by atoms with E-state index in [1.165, 1.54) is 10.5 Å². The van der Waals surface area contributed by atoms with E-state index in [2.05, 4.69) is 20.9 Å². The summed E-state index contributed by atoms with van der Waals surface area (Å²) in [5.41, 5.74) is 5.80. The fourth-order valence-electron chi connectivity index (χ4n) is 1.87. The van der Waals surface area contributed by atoms with Gasteiger partial charge in [0.05, 0.1) is 0 Å². The van der Waals surface area contributed by atoms with Crippen molar-refractivity contribution in [2.75, 3.05) is 13.1 Å². The number of nitrogens with zero attached hydrogens (tertiary/aromatic N) is 2. The highest BCUT2D eigenvalue weighted by Gasteiger charge is 2.29. The summed E-state index contributed by atoms with van der Waals surface area (Å²) in [6.07, 6.45) is 4.60. The topological polar surface area (TPSA) is 76.3 Å². The largest absolute Gasteiger partial charge is 0.327 e. The number of pyridine rings is 1. The Morgan fingerprint density at radius 2 is 2.17 bits per heavy atom. The molecule has 0 bridgehead atoms. The third-order valence-electron chi connectivity index (χ3n) is 2.74. The zero-order chi connectivity index (χ0) is 12.5. The predicted octanol–water partition coefficient (Wildman–Crippen LogP) is 1.38. The van der Waals surface area contributed by atoms with E-state index in [0.29, 0.717) is 17.6 Å². The molecule has 5 nitrogen and oxygen atoms in total. The molecule has 1 fully saturated rings. The molecular formula is C10H15BrClN3O2S. The van der Waals surface area contributed by atoms with Crippen molar-refractivity contribution in [2.24, 2.45) is 5.73 Å². The van der Waals surface area contributed by atoms with Gasteiger partial charge >= 0.3 is 0 Å². The van der Waals surface area contributed by atoms with Gasteiger partial charge in [0.1, 0.15) is 4.90 Å². The predicted molar refractivity (Wildman–Crippen MR) is 75.2 cm³/mol. The molecule has 2 heterocycles. The molecule has 2 rings (SSSR count). The van der Waals surface area contributed by atoms with Crippen LogP contribution in [0.5, 0.6) is 0 Å². The average molecular weight is 357 g/mol. The van der Waals surface area contributed by atoms with Gasteiger partial charge in [-0.2, -0.15) is 4.31 Å². The van der Waals surface area contributed by atoms with Gasteiger partial charge in [0, 0.05) is 36.0 Å². The van der Waals surface area contributed by atoms with Crippen molar-refractivity contribution in [1.29, 1.82) is 0 Å². The van der Waals surface area contributed by atoms with Crippen LogP contribution in [-0.2, 0) is 10.0 Å². The van der Waals surface area contributed by atoms with Gasteiger partial charge < -0.3 is 5.73 Å². The van der Waals surface area contributed by atoms with Crippen LogP contribution < -0.4 is 5.73 Å². The van der Waals surface area contributed by atoms with E-state index < -0.39 is 10.0 Å². The maximum Gasteiger partial charge on any atom is 0.244 e. The molecule has 1 aromatic rings. The first-order valence-corrected chi connectivity index (χ1v) is 7.60. The molecule has 1 saturated heterocycles. The van der Waals surface area contributed by atoms with Crippen molar-refractivity contribution in [3.8, 4) is 0 Å². The summed E-state index contributed by atoms with van der Waals surface area (Å²) >= 11 is 3.22. The molecule has 0 aromatic carbocycles. The van der Waals surface area contributed by atoms with Crippen LogP contribution in [0.1, 0.15) is 12.8 Å². The molecule has 0 spiro atoms. The molecule has 0 radical (unpaired) electrons. The lowest BCUT2D eigenvalue weighted by Crippen LogP contribution is -2.45. The fourth-order valence-corrected chi connectivity index (χ4v) is 3.92. The Kier molecular flexibility index (Phi) is 5.54. The normalized spacial score (nSPS) is 21.3. The van der Waals surface area contributed by atoms with E-state index in [4.69, 9.17) is 5.73 Å². The summed E-state index contributed by atoms with van der Waals surface area (Å²) in [4.78, 5) is 4.09. The van der Waals surface area contributed by atoms with Gasteiger partial charge in [0.2, 0.25) is 10.0 Å². The highest BCUT2D eigenvalue weighted by molar-refractivity contribution is 9.10. The smallest absolute Gasteiger partial charge is 0.244 e. The number of rotatable bonds is 2. The minimum Gasteiger partial charge on any atom is -0.327 e. The molecule has 18 heavy (non-hydrogen) atoms. The number of halogens is 2. The van der Waals surface area contributed by atoms with Crippen molar-refractivity contribution in [3.05, 3.63) is 22.9 Å². The summed E-state index contributed by atoms with van der Waals surface area (Å²) < 4.78 is 26.7. The van der Waals surface area contributed by atoms with Crippen LogP contribution in [0.25, 0.3) is 0 Å². The zero-order valence-corrected chi connectivity index (χ0v) is 12.8. The summed E-state index contributed by atoms with van der Waals surface area (Å²) in [5, 5.41) is 0. The lowest BCUT2D eigenvalue weighted by atomic mass is 10.1. The van der Waals surface area contributed by atoms with Crippen LogP contribution in [0, 0.1) is 0 Å². The van der Waals surface area contributed by atoms with Gasteiger partial charge in [-0.05, 0) is 34.8 Å². The first-order chi connectivity index (χ1) is 8.00. The highest BCUT2D eigenvalue weighted by Crippen LogP contribution is 2.21. The first-order valence-electron chi connectivity index (χ1n) is 5.36. The standard InChI is InChI=1S/C10H14BrN3O2S.ClH/c11-8-4-10(6-13-5-8)17(15,16)14-3-1-2-9(12)7-14;/h4-6,9H,1-3,7,12H2;1H/t9-;/m1./s1. The van der Waals surface area contributed by atoms with E-state index in [9.17, 15) is 8.42 Å². The number of nitrogens with two attached hydrogens (primary N) is 1. The molecule has 1 atom stereocenters. The van der Waals surface area contributed by atoms with Gasteiger partial charge in [-0.3, -0.25) is 4.98 Å². The second-order valence-corrected chi connectivity index (χ2v) is 6.96. The van der Waals surface area contributed by atoms with Gasteiger partial charge in [0.25, 0.3) is 0 Å². The fraction of sp³-hybridized carbons (Fsp3) is 0.500. The maximum absolute atomic E-state index is 12.3. The van der Waals surface area contributed by atoms with E-state index >= 15 is 0 Å². The first kappa shape index (κ1) is 15.8. The van der Waals surface area contributed by atoms with Crippen LogP contribution >= 0.6 is 28.3 Å². The van der Waals surface area contributed by atoms with Crippen LogP contribution in [0.2, 0.25) is 0 Å². The van der Waals surface area contributed by atoms with Gasteiger partial charge in [-0.15, -0.1) is 12.4 Å². The summed E-state index contributed by atoms with van der Waals surface area (Å²) in [6, 6.07) is 1.49. The Morgan fingerprint density at radius 1 is 1.44 bits per heavy atom. The minimum absolute atomic E-state index is 0. The SMILES string of the molecule is Cl.N[C@@H]1CCCN(S(=O)(=O)c2cncc(Br)c2)C1. The van der Waals surface area contributed by atoms with Gasteiger partial charge in [-0.1, -0.05) is 0 Å². The van der Waals surface area contributed by atoms with Crippen LogP contribution in [0.15, 0.2) is 27.8 Å². The third kappa shape index (κ3) is 3.42. The summed E-state index contributed by atoms with van der Waals surface area (Å²) in [5.74, 6) is 0. The van der Waals surface area contributed by atoms with Crippen molar-refractivity contribution in [2.45, 2.75) is 23.8 Å². The molecule has 2 N–H and O–H groups in total. The zero-order valence-electron chi connectivity index (χ0n) is 9.62. The van der Waals surface area contributed by atoms with Crippen molar-refractivity contribution in [3.63, 3.8) is 0 Å². The number of hydrogen-bond acceptors (Lipinski definition) is 4. The Balaban J connectivity index is 0.00000162. The van der Waals surface area contributed by atoms with Crippen LogP contribution in [0.4, 0.5) is 0 Å². The second kappa shape index (κ2) is 6.29. The molecule has 0 amide bonds. The number of aromatic nitrogens is 1. The Bertz CT molecular complexity index is 512. The Morgan fingerprint density at radius 3 is 2.78 bits per heavy atom. The molecule has 102 valence electrons. The molecule has 0 aliphatic carbocycles. The molecule has 0 saturated carbocycles. The van der Waals surface area contributed by atoms with E-state index in [1.54, 1.807) is 12.3 Å². The average Bonchev–Trinajstić information content (AvgIpc) is 2.29. The Labute approximate surface area is 121 Å². The van der Waals surface area contributed by atoms with E-state index in [-0.39, 0.29) is 23.3 Å². The number of hydrogen-bond donors (Lipinski definition) is 1. The van der Waals surface area contributed by atoms with Gasteiger partial charge in [0.15, 0.2) is 0 Å². The molecule has 0 unspecified atom stereocenters. The summed E-state index contributed by atoms with van der Waals surface area (Å²) in [7, 11) is -3.46. The lowest BCUT2D eigenvalue weighted by molar-refractivity contribution is 0.316. The van der Waals surface area contributed by atoms with Crippen LogP contribution in [-0.4, -0.2) is 36.8 Å². The van der Waals surface area contributed by atoms with Crippen molar-refractivity contribution in [1.82, 2.24) is 9.29 Å². The monoisotopic (exact) mass is 355 g/mol. The molecule has 8 heteroatoms. The lowest BCUT2D eigenvalue weighted by Gasteiger charge is -2.29. The van der Waals surface area contributed by atoms with E-state index in [1.807, 2.05) is 0 Å².